The lowest BCUT2D eigenvalue weighted by Crippen LogP contribution is -2.33. The van der Waals surface area contributed by atoms with Gasteiger partial charge in [0, 0.05) is 37.4 Å². The van der Waals surface area contributed by atoms with E-state index in [-0.39, 0.29) is 0 Å². The average molecular weight is 490 g/mol. The van der Waals surface area contributed by atoms with Gasteiger partial charge in [-0.2, -0.15) is 0 Å². The number of hydrogen-bond donors (Lipinski definition) is 0. The van der Waals surface area contributed by atoms with Gasteiger partial charge in [-0.1, -0.05) is 24.2 Å². The number of methoxy groups -OCH3 is 3. The Bertz CT molecular complexity index is 924. The van der Waals surface area contributed by atoms with Crippen LogP contribution in [0.5, 0.6) is 17.2 Å². The molecule has 0 aliphatic carbocycles. The molecule has 0 atom stereocenters. The van der Waals surface area contributed by atoms with E-state index in [0.29, 0.717) is 17.4 Å². The molecule has 0 amide bonds. The predicted molar refractivity (Wildman–Crippen MR) is 135 cm³/mol. The number of aromatic nitrogens is 3. The maximum Gasteiger partial charge on any atom is 0.203 e. The Morgan fingerprint density at radius 2 is 1.62 bits per heavy atom. The molecule has 0 bridgehead atoms. The van der Waals surface area contributed by atoms with E-state index in [2.05, 4.69) is 37.7 Å². The summed E-state index contributed by atoms with van der Waals surface area (Å²) in [4.78, 5) is 5.06. The summed E-state index contributed by atoms with van der Waals surface area (Å²) >= 11 is 1.84. The first-order valence-corrected chi connectivity index (χ1v) is 13.4. The third-order valence-corrected chi connectivity index (χ3v) is 8.09. The van der Waals surface area contributed by atoms with E-state index in [4.69, 9.17) is 14.2 Å². The second kappa shape index (κ2) is 12.1. The van der Waals surface area contributed by atoms with Crippen LogP contribution in [-0.2, 0) is 13.6 Å². The van der Waals surface area contributed by atoms with E-state index in [9.17, 15) is 0 Å². The second-order valence-electron chi connectivity index (χ2n) is 9.19. The molecule has 2 fully saturated rings. The minimum absolute atomic E-state index is 0.456. The van der Waals surface area contributed by atoms with Crippen LogP contribution >= 0.6 is 11.8 Å². The van der Waals surface area contributed by atoms with Crippen molar-refractivity contribution in [1.29, 1.82) is 0 Å². The van der Waals surface area contributed by atoms with E-state index in [0.717, 1.165) is 67.1 Å². The minimum atomic E-state index is 0.456. The van der Waals surface area contributed by atoms with Crippen LogP contribution in [0.1, 0.15) is 49.4 Å². The fraction of sp³-hybridized carbons (Fsp3) is 0.680. The van der Waals surface area contributed by atoms with Gasteiger partial charge in [-0.25, -0.2) is 0 Å². The zero-order valence-corrected chi connectivity index (χ0v) is 21.9. The highest BCUT2D eigenvalue weighted by atomic mass is 32.2. The van der Waals surface area contributed by atoms with E-state index in [1.807, 2.05) is 17.8 Å². The van der Waals surface area contributed by atoms with Crippen molar-refractivity contribution >= 4 is 11.8 Å². The summed E-state index contributed by atoms with van der Waals surface area (Å²) in [5.74, 6) is 4.76. The van der Waals surface area contributed by atoms with Gasteiger partial charge in [0.1, 0.15) is 5.82 Å². The van der Waals surface area contributed by atoms with Gasteiger partial charge in [0.25, 0.3) is 0 Å². The number of rotatable bonds is 10. The van der Waals surface area contributed by atoms with Gasteiger partial charge < -0.3 is 23.7 Å². The highest BCUT2D eigenvalue weighted by Gasteiger charge is 2.26. The van der Waals surface area contributed by atoms with Crippen molar-refractivity contribution in [3.63, 3.8) is 0 Å². The molecule has 0 unspecified atom stereocenters. The van der Waals surface area contributed by atoms with Gasteiger partial charge in [0.15, 0.2) is 16.7 Å². The normalized spacial score (nSPS) is 18.2. The van der Waals surface area contributed by atoms with Gasteiger partial charge in [-0.15, -0.1) is 10.2 Å². The Labute approximate surface area is 207 Å². The summed E-state index contributed by atoms with van der Waals surface area (Å²) < 4.78 is 18.9. The van der Waals surface area contributed by atoms with Gasteiger partial charge in [0.05, 0.1) is 21.3 Å². The predicted octanol–water partition coefficient (Wildman–Crippen LogP) is 3.80. The number of nitrogens with zero attached hydrogens (tertiary/aromatic N) is 5. The molecule has 2 aromatic rings. The largest absolute Gasteiger partial charge is 0.493 e. The second-order valence-corrected chi connectivity index (χ2v) is 10.3. The first kappa shape index (κ1) is 25.1. The zero-order valence-electron chi connectivity index (χ0n) is 21.1. The lowest BCUT2D eigenvalue weighted by Gasteiger charge is -2.32. The van der Waals surface area contributed by atoms with Crippen molar-refractivity contribution in [3.05, 3.63) is 23.5 Å². The molecule has 2 aliphatic heterocycles. The molecule has 0 spiro atoms. The van der Waals surface area contributed by atoms with Crippen molar-refractivity contribution in [2.45, 2.75) is 49.7 Å². The number of hydrogen-bond acceptors (Lipinski definition) is 8. The lowest BCUT2D eigenvalue weighted by molar-refractivity contribution is 0.197. The maximum absolute atomic E-state index is 5.67. The molecular formula is C25H39N5O3S. The molecule has 1 aromatic heterocycles. The van der Waals surface area contributed by atoms with Gasteiger partial charge in [-0.05, 0) is 57.9 Å². The van der Waals surface area contributed by atoms with Crippen molar-refractivity contribution in [2.75, 3.05) is 59.8 Å². The Morgan fingerprint density at radius 3 is 2.29 bits per heavy atom. The molecular weight excluding hydrogens is 450 g/mol. The van der Waals surface area contributed by atoms with Crippen LogP contribution in [0.25, 0.3) is 0 Å². The first-order chi connectivity index (χ1) is 16.6. The summed E-state index contributed by atoms with van der Waals surface area (Å²) in [6, 6.07) is 4.02. The molecule has 1 aromatic carbocycles. The zero-order chi connectivity index (χ0) is 23.9. The van der Waals surface area contributed by atoms with Crippen molar-refractivity contribution in [3.8, 4) is 17.2 Å². The van der Waals surface area contributed by atoms with Gasteiger partial charge in [0.2, 0.25) is 5.75 Å². The average Bonchev–Trinajstić information content (AvgIpc) is 3.24. The third kappa shape index (κ3) is 5.80. The number of piperidine rings is 2. The molecule has 9 heteroatoms. The molecule has 2 aliphatic rings. The Kier molecular flexibility index (Phi) is 8.97. The molecule has 0 N–H and O–H groups in total. The fourth-order valence-corrected chi connectivity index (χ4v) is 6.05. The standard InChI is InChI=1S/C25H39N5O3S/c1-28-24(26-27-25(28)34-17-16-29-12-6-5-7-13-29)19-10-14-30(15-11-19)18-20-8-9-21(31-2)23(33-4)22(20)32-3/h8-9,19H,5-7,10-18H2,1-4H3. The summed E-state index contributed by atoms with van der Waals surface area (Å²) in [5.41, 5.74) is 1.12. The quantitative estimate of drug-likeness (QED) is 0.467. The first-order valence-electron chi connectivity index (χ1n) is 12.4. The van der Waals surface area contributed by atoms with E-state index < -0.39 is 0 Å². The topological polar surface area (TPSA) is 64.9 Å². The van der Waals surface area contributed by atoms with E-state index >= 15 is 0 Å². The highest BCUT2D eigenvalue weighted by Crippen LogP contribution is 2.40. The Balaban J connectivity index is 1.30. The molecule has 188 valence electrons. The van der Waals surface area contributed by atoms with Crippen LogP contribution in [0, 0.1) is 0 Å². The maximum atomic E-state index is 5.67. The SMILES string of the molecule is COc1ccc(CN2CCC(c3nnc(SCCN4CCCCC4)n3C)CC2)c(OC)c1OC. The third-order valence-electron chi connectivity index (χ3n) is 7.09. The van der Waals surface area contributed by atoms with Crippen LogP contribution in [-0.4, -0.2) is 84.4 Å². The minimum Gasteiger partial charge on any atom is -0.493 e. The van der Waals surface area contributed by atoms with Crippen molar-refractivity contribution < 1.29 is 14.2 Å². The van der Waals surface area contributed by atoms with Crippen LogP contribution in [0.4, 0.5) is 0 Å². The van der Waals surface area contributed by atoms with Crippen molar-refractivity contribution in [1.82, 2.24) is 24.6 Å². The summed E-state index contributed by atoms with van der Waals surface area (Å²) in [5, 5.41) is 10.2. The van der Waals surface area contributed by atoms with Crippen LogP contribution in [0.3, 0.4) is 0 Å². The summed E-state index contributed by atoms with van der Waals surface area (Å²) in [6.07, 6.45) is 6.24. The number of thioether (sulfide) groups is 1. The smallest absolute Gasteiger partial charge is 0.203 e. The van der Waals surface area contributed by atoms with E-state index in [1.165, 1.54) is 32.4 Å². The lowest BCUT2D eigenvalue weighted by atomic mass is 9.95. The molecule has 4 rings (SSSR count). The molecule has 3 heterocycles. The number of ether oxygens (including phenoxy) is 3. The van der Waals surface area contributed by atoms with Gasteiger partial charge in [-0.3, -0.25) is 4.90 Å². The van der Waals surface area contributed by atoms with E-state index in [1.54, 1.807) is 21.3 Å². The van der Waals surface area contributed by atoms with Crippen molar-refractivity contribution in [2.24, 2.45) is 7.05 Å². The Morgan fingerprint density at radius 1 is 0.882 bits per heavy atom. The molecule has 2 saturated heterocycles. The highest BCUT2D eigenvalue weighted by molar-refractivity contribution is 7.99. The fourth-order valence-electron chi connectivity index (χ4n) is 5.13. The molecule has 0 radical (unpaired) electrons. The molecule has 8 nitrogen and oxygen atoms in total. The van der Waals surface area contributed by atoms with Crippen LogP contribution in [0.2, 0.25) is 0 Å². The van der Waals surface area contributed by atoms with Crippen LogP contribution in [0.15, 0.2) is 17.3 Å². The molecule has 34 heavy (non-hydrogen) atoms. The van der Waals surface area contributed by atoms with Crippen LogP contribution < -0.4 is 14.2 Å². The Hall–Kier alpha value is -1.97. The van der Waals surface area contributed by atoms with Gasteiger partial charge >= 0.3 is 0 Å². The number of benzene rings is 1. The summed E-state index contributed by atoms with van der Waals surface area (Å²) in [6.45, 7) is 6.51. The monoisotopic (exact) mass is 489 g/mol. The summed E-state index contributed by atoms with van der Waals surface area (Å²) in [7, 11) is 7.10. The molecule has 0 saturated carbocycles. The number of likely N-dealkylation sites (tertiary alicyclic amines) is 2.